The van der Waals surface area contributed by atoms with Crippen molar-refractivity contribution in [3.05, 3.63) is 47.3 Å². The van der Waals surface area contributed by atoms with Gasteiger partial charge in [0.15, 0.2) is 11.5 Å². The highest BCUT2D eigenvalue weighted by Crippen LogP contribution is 2.22. The smallest absolute Gasteiger partial charge is 0.178 e. The molecule has 2 heterocycles. The summed E-state index contributed by atoms with van der Waals surface area (Å²) in [5.74, 6) is 2.42. The molecule has 0 saturated heterocycles. The molecular weight excluding hydrogens is 318 g/mol. The number of ether oxygens (including phenoxy) is 2. The zero-order chi connectivity index (χ0) is 17.6. The monoisotopic (exact) mass is 341 g/mol. The SMILES string of the molecule is COCCCOc1cc(C)ccc1CNc1ccc2nnc(C)n2n1. The predicted octanol–water partition coefficient (Wildman–Crippen LogP) is 2.77. The lowest BCUT2D eigenvalue weighted by Crippen LogP contribution is -2.08. The van der Waals surface area contributed by atoms with Crippen LogP contribution in [0, 0.1) is 13.8 Å². The molecule has 0 spiro atoms. The lowest BCUT2D eigenvalue weighted by molar-refractivity contribution is 0.172. The molecule has 2 aromatic heterocycles. The van der Waals surface area contributed by atoms with Crippen molar-refractivity contribution in [3.8, 4) is 5.75 Å². The molecule has 0 saturated carbocycles. The highest BCUT2D eigenvalue weighted by Gasteiger charge is 2.07. The van der Waals surface area contributed by atoms with Crippen LogP contribution in [-0.4, -0.2) is 40.1 Å². The average molecular weight is 341 g/mol. The molecule has 3 rings (SSSR count). The van der Waals surface area contributed by atoms with Crippen molar-refractivity contribution in [2.75, 3.05) is 25.6 Å². The van der Waals surface area contributed by atoms with Crippen LogP contribution in [0.5, 0.6) is 5.75 Å². The first kappa shape index (κ1) is 17.2. The summed E-state index contributed by atoms with van der Waals surface area (Å²) in [5, 5.41) is 15.9. The van der Waals surface area contributed by atoms with Gasteiger partial charge in [0, 0.05) is 32.2 Å². The molecule has 132 valence electrons. The van der Waals surface area contributed by atoms with E-state index in [1.54, 1.807) is 11.6 Å². The van der Waals surface area contributed by atoms with Crippen molar-refractivity contribution >= 4 is 11.5 Å². The third kappa shape index (κ3) is 4.24. The molecule has 1 N–H and O–H groups in total. The maximum absolute atomic E-state index is 5.92. The van der Waals surface area contributed by atoms with E-state index in [0.717, 1.165) is 35.0 Å². The summed E-state index contributed by atoms with van der Waals surface area (Å²) in [5.41, 5.74) is 3.00. The molecule has 0 radical (unpaired) electrons. The lowest BCUT2D eigenvalue weighted by Gasteiger charge is -2.13. The second-order valence-electron chi connectivity index (χ2n) is 5.90. The lowest BCUT2D eigenvalue weighted by atomic mass is 10.1. The van der Waals surface area contributed by atoms with Crippen LogP contribution in [0.25, 0.3) is 5.65 Å². The molecule has 0 aliphatic heterocycles. The number of fused-ring (bicyclic) bond motifs is 1. The van der Waals surface area contributed by atoms with Crippen molar-refractivity contribution in [2.24, 2.45) is 0 Å². The normalized spacial score (nSPS) is 11.0. The van der Waals surface area contributed by atoms with Gasteiger partial charge in [0.1, 0.15) is 11.6 Å². The van der Waals surface area contributed by atoms with Gasteiger partial charge in [0.2, 0.25) is 0 Å². The summed E-state index contributed by atoms with van der Waals surface area (Å²) in [6, 6.07) is 10.0. The first-order valence-corrected chi connectivity index (χ1v) is 8.31. The van der Waals surface area contributed by atoms with Crippen LogP contribution < -0.4 is 10.1 Å². The van der Waals surface area contributed by atoms with Crippen LogP contribution >= 0.6 is 0 Å². The van der Waals surface area contributed by atoms with Crippen molar-refractivity contribution < 1.29 is 9.47 Å². The maximum Gasteiger partial charge on any atom is 0.178 e. The number of nitrogens with one attached hydrogen (secondary N) is 1. The Morgan fingerprint density at radius 2 is 1.96 bits per heavy atom. The second-order valence-corrected chi connectivity index (χ2v) is 5.90. The van der Waals surface area contributed by atoms with Gasteiger partial charge >= 0.3 is 0 Å². The van der Waals surface area contributed by atoms with Gasteiger partial charge in [0.25, 0.3) is 0 Å². The molecule has 1 aromatic carbocycles. The zero-order valence-electron chi connectivity index (χ0n) is 14.8. The van der Waals surface area contributed by atoms with E-state index < -0.39 is 0 Å². The van der Waals surface area contributed by atoms with Gasteiger partial charge < -0.3 is 14.8 Å². The minimum Gasteiger partial charge on any atom is -0.493 e. The Hall–Kier alpha value is -2.67. The quantitative estimate of drug-likeness (QED) is 0.635. The average Bonchev–Trinajstić information content (AvgIpc) is 2.99. The van der Waals surface area contributed by atoms with E-state index in [-0.39, 0.29) is 0 Å². The Morgan fingerprint density at radius 1 is 1.08 bits per heavy atom. The first-order chi connectivity index (χ1) is 12.2. The fraction of sp³-hybridized carbons (Fsp3) is 0.389. The van der Waals surface area contributed by atoms with E-state index in [4.69, 9.17) is 9.47 Å². The Bertz CT molecular complexity index is 847. The van der Waals surface area contributed by atoms with Crippen LogP contribution in [0.15, 0.2) is 30.3 Å². The van der Waals surface area contributed by atoms with E-state index in [9.17, 15) is 0 Å². The van der Waals surface area contributed by atoms with Gasteiger partial charge in [-0.1, -0.05) is 12.1 Å². The topological polar surface area (TPSA) is 73.6 Å². The minimum absolute atomic E-state index is 0.625. The van der Waals surface area contributed by atoms with Gasteiger partial charge in [-0.05, 0) is 37.6 Å². The summed E-state index contributed by atoms with van der Waals surface area (Å²) in [6.45, 7) is 5.89. The molecule has 0 bridgehead atoms. The number of aryl methyl sites for hydroxylation is 2. The van der Waals surface area contributed by atoms with Crippen LogP contribution in [0.2, 0.25) is 0 Å². The fourth-order valence-electron chi connectivity index (χ4n) is 2.50. The van der Waals surface area contributed by atoms with Crippen LogP contribution in [-0.2, 0) is 11.3 Å². The maximum atomic E-state index is 5.92. The number of aromatic nitrogens is 4. The number of hydrogen-bond donors (Lipinski definition) is 1. The molecule has 3 aromatic rings. The molecule has 0 aliphatic carbocycles. The minimum atomic E-state index is 0.625. The Balaban J connectivity index is 1.69. The molecule has 0 fully saturated rings. The summed E-state index contributed by atoms with van der Waals surface area (Å²) >= 11 is 0. The van der Waals surface area contributed by atoms with Gasteiger partial charge in [-0.2, -0.15) is 4.52 Å². The molecule has 7 heteroatoms. The van der Waals surface area contributed by atoms with Crippen molar-refractivity contribution in [1.82, 2.24) is 19.8 Å². The number of benzene rings is 1. The summed E-state index contributed by atoms with van der Waals surface area (Å²) in [4.78, 5) is 0. The van der Waals surface area contributed by atoms with E-state index in [1.807, 2.05) is 19.1 Å². The number of nitrogens with zero attached hydrogens (tertiary/aromatic N) is 4. The van der Waals surface area contributed by atoms with E-state index in [1.165, 1.54) is 5.56 Å². The first-order valence-electron chi connectivity index (χ1n) is 8.31. The third-order valence-corrected chi connectivity index (χ3v) is 3.85. The molecule has 0 unspecified atom stereocenters. The van der Waals surface area contributed by atoms with Gasteiger partial charge in [-0.15, -0.1) is 15.3 Å². The fourth-order valence-corrected chi connectivity index (χ4v) is 2.50. The molecule has 0 amide bonds. The van der Waals surface area contributed by atoms with Crippen LogP contribution in [0.4, 0.5) is 5.82 Å². The summed E-state index contributed by atoms with van der Waals surface area (Å²) in [6.07, 6.45) is 0.864. The molecule has 0 atom stereocenters. The van der Waals surface area contributed by atoms with Crippen molar-refractivity contribution in [2.45, 2.75) is 26.8 Å². The van der Waals surface area contributed by atoms with Crippen LogP contribution in [0.3, 0.4) is 0 Å². The Labute approximate surface area is 147 Å². The number of rotatable bonds is 8. The number of anilines is 1. The molecule has 25 heavy (non-hydrogen) atoms. The third-order valence-electron chi connectivity index (χ3n) is 3.85. The van der Waals surface area contributed by atoms with Gasteiger partial charge in [-0.25, -0.2) is 0 Å². The second kappa shape index (κ2) is 7.94. The van der Waals surface area contributed by atoms with Crippen LogP contribution in [0.1, 0.15) is 23.4 Å². The zero-order valence-corrected chi connectivity index (χ0v) is 14.8. The summed E-state index contributed by atoms with van der Waals surface area (Å²) in [7, 11) is 1.70. The van der Waals surface area contributed by atoms with E-state index >= 15 is 0 Å². The molecule has 7 nitrogen and oxygen atoms in total. The number of hydrogen-bond acceptors (Lipinski definition) is 6. The Morgan fingerprint density at radius 3 is 2.80 bits per heavy atom. The predicted molar refractivity (Wildman–Crippen MR) is 96.0 cm³/mol. The Kier molecular flexibility index (Phi) is 5.45. The largest absolute Gasteiger partial charge is 0.493 e. The van der Waals surface area contributed by atoms with Gasteiger partial charge in [0.05, 0.1) is 6.61 Å². The highest BCUT2D eigenvalue weighted by atomic mass is 16.5. The highest BCUT2D eigenvalue weighted by molar-refractivity contribution is 5.45. The van der Waals surface area contributed by atoms with E-state index in [0.29, 0.717) is 19.8 Å². The standard InChI is InChI=1S/C18H23N5O2/c1-13-5-6-15(16(11-13)25-10-4-9-24-3)12-19-17-7-8-18-21-20-14(2)23(18)22-17/h5-8,11H,4,9-10,12H2,1-3H3,(H,19,22). The molecule has 0 aliphatic rings. The molecular formula is C18H23N5O2. The summed E-state index contributed by atoms with van der Waals surface area (Å²) < 4.78 is 12.7. The van der Waals surface area contributed by atoms with Crippen molar-refractivity contribution in [1.29, 1.82) is 0 Å². The van der Waals surface area contributed by atoms with Crippen molar-refractivity contribution in [3.63, 3.8) is 0 Å². The van der Waals surface area contributed by atoms with Gasteiger partial charge in [-0.3, -0.25) is 0 Å². The number of methoxy groups -OCH3 is 1. The van der Waals surface area contributed by atoms with E-state index in [2.05, 4.69) is 45.7 Å².